The summed E-state index contributed by atoms with van der Waals surface area (Å²) in [5.74, 6) is 1.87. The summed E-state index contributed by atoms with van der Waals surface area (Å²) >= 11 is 0. The molecule has 0 bridgehead atoms. The van der Waals surface area contributed by atoms with Crippen molar-refractivity contribution >= 4 is 16.6 Å². The van der Waals surface area contributed by atoms with Crippen LogP contribution in [0.25, 0.3) is 10.9 Å². The van der Waals surface area contributed by atoms with Gasteiger partial charge in [-0.15, -0.1) is 0 Å². The number of rotatable bonds is 6. The first-order chi connectivity index (χ1) is 20.3. The molecule has 2 aromatic heterocycles. The van der Waals surface area contributed by atoms with Gasteiger partial charge in [-0.3, -0.25) is 19.8 Å². The molecular weight excluding hydrogens is 510 g/mol. The summed E-state index contributed by atoms with van der Waals surface area (Å²) in [7, 11) is 1.75. The molecule has 7 nitrogen and oxygen atoms in total. The number of hydrogen-bond donors (Lipinski definition) is 0. The zero-order valence-electron chi connectivity index (χ0n) is 25.3. The van der Waals surface area contributed by atoms with Crippen LogP contribution in [0.5, 0.6) is 11.5 Å². The molecule has 0 N–H and O–H groups in total. The molecule has 7 heteroatoms. The number of nitrogens with zero attached hydrogens (tertiary/aromatic N) is 5. The maximum atomic E-state index is 6.28. The number of para-hydroxylation sites is 2. The van der Waals surface area contributed by atoms with Crippen LogP contribution in [0.15, 0.2) is 73.2 Å². The minimum Gasteiger partial charge on any atom is -0.495 e. The molecule has 4 heterocycles. The lowest BCUT2D eigenvalue weighted by molar-refractivity contribution is 0.0899. The number of anilines is 1. The van der Waals surface area contributed by atoms with Gasteiger partial charge >= 0.3 is 0 Å². The third-order valence-electron chi connectivity index (χ3n) is 7.33. The number of methoxy groups -OCH3 is 1. The predicted octanol–water partition coefficient (Wildman–Crippen LogP) is 6.76. The smallest absolute Gasteiger partial charge is 0.152 e. The van der Waals surface area contributed by atoms with Crippen LogP contribution in [0, 0.1) is 0 Å². The van der Waals surface area contributed by atoms with Crippen LogP contribution >= 0.6 is 0 Å². The molecule has 2 aliphatic heterocycles. The molecule has 0 radical (unpaired) electrons. The number of fused-ring (bicyclic) bond motifs is 3. The fourth-order valence-electron chi connectivity index (χ4n) is 5.56. The first-order valence-corrected chi connectivity index (χ1v) is 15.0. The first kappa shape index (κ1) is 30.3. The van der Waals surface area contributed by atoms with Gasteiger partial charge in [-0.2, -0.15) is 0 Å². The van der Waals surface area contributed by atoms with Crippen molar-refractivity contribution in [3.05, 3.63) is 89.9 Å². The van der Waals surface area contributed by atoms with Crippen molar-refractivity contribution in [2.45, 2.75) is 53.8 Å². The highest BCUT2D eigenvalue weighted by atomic mass is 16.5. The Morgan fingerprint density at radius 2 is 1.68 bits per heavy atom. The Kier molecular flexibility index (Phi) is 11.3. The van der Waals surface area contributed by atoms with Gasteiger partial charge in [-0.05, 0) is 47.9 Å². The molecule has 0 amide bonds. The maximum absolute atomic E-state index is 6.28. The highest BCUT2D eigenvalue weighted by Gasteiger charge is 2.24. The third kappa shape index (κ3) is 7.34. The van der Waals surface area contributed by atoms with Gasteiger partial charge in [-0.25, -0.2) is 0 Å². The normalized spacial score (nSPS) is 15.4. The van der Waals surface area contributed by atoms with E-state index in [0.29, 0.717) is 6.73 Å². The van der Waals surface area contributed by atoms with Gasteiger partial charge in [0, 0.05) is 75.4 Å². The van der Waals surface area contributed by atoms with Crippen molar-refractivity contribution in [1.82, 2.24) is 19.8 Å². The number of pyridine rings is 2. The van der Waals surface area contributed by atoms with Gasteiger partial charge in [0.2, 0.25) is 0 Å². The summed E-state index contributed by atoms with van der Waals surface area (Å²) in [5.41, 5.74) is 5.88. The summed E-state index contributed by atoms with van der Waals surface area (Å²) in [6.45, 7) is 15.2. The standard InChI is InChI=1S/C30H33N5O2.2C2H6/c1-36-28-10-3-2-9-27(28)35-14-6-13-33(15-16-35)20-24-17-25-21-34(19-23-7-4-11-31-18-23)22-37-30(25)29-26(24)8-5-12-32-29;2*1-2/h2-5,7-12,17-18H,6,13-16,19-22H2,1H3;2*1-2H3. The van der Waals surface area contributed by atoms with E-state index in [2.05, 4.69) is 50.0 Å². The maximum Gasteiger partial charge on any atom is 0.152 e. The molecule has 0 saturated carbocycles. The molecule has 2 aromatic carbocycles. The quantitative estimate of drug-likeness (QED) is 0.261. The van der Waals surface area contributed by atoms with Crippen molar-refractivity contribution < 1.29 is 9.47 Å². The Hall–Kier alpha value is -3.68. The van der Waals surface area contributed by atoms with E-state index in [1.807, 2.05) is 70.6 Å². The van der Waals surface area contributed by atoms with E-state index in [9.17, 15) is 0 Å². The molecule has 2 aliphatic rings. The molecule has 0 aliphatic carbocycles. The molecule has 0 unspecified atom stereocenters. The van der Waals surface area contributed by atoms with Crippen LogP contribution in [0.3, 0.4) is 0 Å². The van der Waals surface area contributed by atoms with Crippen molar-refractivity contribution in [2.75, 3.05) is 44.9 Å². The van der Waals surface area contributed by atoms with Gasteiger partial charge in [0.1, 0.15) is 18.0 Å². The van der Waals surface area contributed by atoms with E-state index in [1.165, 1.54) is 27.8 Å². The lowest BCUT2D eigenvalue weighted by Gasteiger charge is -2.30. The van der Waals surface area contributed by atoms with Crippen LogP contribution in [0.2, 0.25) is 0 Å². The van der Waals surface area contributed by atoms with Crippen LogP contribution in [-0.4, -0.2) is 59.8 Å². The average molecular weight is 556 g/mol. The molecule has 1 fully saturated rings. The summed E-state index contributed by atoms with van der Waals surface area (Å²) in [4.78, 5) is 16.4. The zero-order valence-corrected chi connectivity index (χ0v) is 25.3. The van der Waals surface area contributed by atoms with Gasteiger partial charge < -0.3 is 14.4 Å². The Balaban J connectivity index is 0.000000929. The Morgan fingerprint density at radius 3 is 2.49 bits per heavy atom. The minimum absolute atomic E-state index is 0.553. The third-order valence-corrected chi connectivity index (χ3v) is 7.33. The minimum atomic E-state index is 0.553. The van der Waals surface area contributed by atoms with Gasteiger partial charge in [0.15, 0.2) is 5.75 Å². The molecule has 0 atom stereocenters. The SMILES string of the molecule is CC.CC.COc1ccccc1N1CCCN(Cc2cc3c(c4ncccc24)OCN(Cc2cccnc2)C3)CC1. The van der Waals surface area contributed by atoms with E-state index < -0.39 is 0 Å². The van der Waals surface area contributed by atoms with E-state index in [0.717, 1.165) is 69.2 Å². The van der Waals surface area contributed by atoms with E-state index in [1.54, 1.807) is 7.11 Å². The van der Waals surface area contributed by atoms with Crippen LogP contribution in [0.4, 0.5) is 5.69 Å². The number of benzene rings is 2. The highest BCUT2D eigenvalue weighted by Crippen LogP contribution is 2.36. The van der Waals surface area contributed by atoms with Crippen molar-refractivity contribution in [3.8, 4) is 11.5 Å². The van der Waals surface area contributed by atoms with E-state index in [-0.39, 0.29) is 0 Å². The summed E-state index contributed by atoms with van der Waals surface area (Å²) in [6.07, 6.45) is 6.72. The lowest BCUT2D eigenvalue weighted by atomic mass is 10.0. The fraction of sp³-hybridized carbons (Fsp3) is 0.412. The molecule has 0 spiro atoms. The Labute approximate surface area is 245 Å². The molecule has 41 heavy (non-hydrogen) atoms. The summed E-state index contributed by atoms with van der Waals surface area (Å²) in [5, 5.41) is 1.19. The van der Waals surface area contributed by atoms with Crippen LogP contribution in [0.1, 0.15) is 50.8 Å². The average Bonchev–Trinajstić information content (AvgIpc) is 3.29. The molecular formula is C34H45N5O2. The second-order valence-corrected chi connectivity index (χ2v) is 9.83. The lowest BCUT2D eigenvalue weighted by Crippen LogP contribution is -2.32. The Bertz CT molecular complexity index is 1360. The zero-order chi connectivity index (χ0) is 29.0. The first-order valence-electron chi connectivity index (χ1n) is 15.0. The second-order valence-electron chi connectivity index (χ2n) is 9.83. The van der Waals surface area contributed by atoms with E-state index in [4.69, 9.17) is 14.5 Å². The second kappa shape index (κ2) is 15.4. The van der Waals surface area contributed by atoms with Gasteiger partial charge in [0.05, 0.1) is 12.8 Å². The summed E-state index contributed by atoms with van der Waals surface area (Å²) < 4.78 is 11.9. The fourth-order valence-corrected chi connectivity index (χ4v) is 5.56. The molecule has 218 valence electrons. The van der Waals surface area contributed by atoms with Crippen molar-refractivity contribution in [2.24, 2.45) is 0 Å². The van der Waals surface area contributed by atoms with E-state index >= 15 is 0 Å². The predicted molar refractivity (Wildman–Crippen MR) is 169 cm³/mol. The van der Waals surface area contributed by atoms with Gasteiger partial charge in [-0.1, -0.05) is 52.0 Å². The topological polar surface area (TPSA) is 54.0 Å². The number of ether oxygens (including phenoxy) is 2. The van der Waals surface area contributed by atoms with Crippen molar-refractivity contribution in [3.63, 3.8) is 0 Å². The summed E-state index contributed by atoms with van der Waals surface area (Å²) in [6, 6.07) is 19.0. The largest absolute Gasteiger partial charge is 0.495 e. The Morgan fingerprint density at radius 1 is 0.854 bits per heavy atom. The van der Waals surface area contributed by atoms with Crippen LogP contribution in [-0.2, 0) is 19.6 Å². The number of aromatic nitrogens is 2. The molecule has 4 aromatic rings. The van der Waals surface area contributed by atoms with Crippen LogP contribution < -0.4 is 14.4 Å². The molecule has 6 rings (SSSR count). The number of hydrogen-bond acceptors (Lipinski definition) is 7. The van der Waals surface area contributed by atoms with Crippen molar-refractivity contribution in [1.29, 1.82) is 0 Å². The van der Waals surface area contributed by atoms with Gasteiger partial charge in [0.25, 0.3) is 0 Å². The highest BCUT2D eigenvalue weighted by molar-refractivity contribution is 5.89. The molecule has 1 saturated heterocycles. The monoisotopic (exact) mass is 555 g/mol.